The van der Waals surface area contributed by atoms with Crippen LogP contribution in [0, 0.1) is 5.92 Å². The first-order chi connectivity index (χ1) is 8.29. The average molecular weight is 235 g/mol. The van der Waals surface area contributed by atoms with Crippen molar-refractivity contribution in [2.45, 2.75) is 32.5 Å². The summed E-state index contributed by atoms with van der Waals surface area (Å²) in [6.45, 7) is 3.81. The highest BCUT2D eigenvalue weighted by molar-refractivity contribution is 5.39. The highest BCUT2D eigenvalue weighted by Gasteiger charge is 2.22. The summed E-state index contributed by atoms with van der Waals surface area (Å²) in [6, 6.07) is 7.69. The van der Waals surface area contributed by atoms with Crippen LogP contribution >= 0.6 is 0 Å². The van der Waals surface area contributed by atoms with Gasteiger partial charge < -0.3 is 15.2 Å². The number of hydrogen-bond donors (Lipinski definition) is 1. The van der Waals surface area contributed by atoms with Gasteiger partial charge in [-0.2, -0.15) is 0 Å². The van der Waals surface area contributed by atoms with E-state index in [0.29, 0.717) is 5.92 Å². The number of nitrogens with two attached hydrogens (primary N) is 1. The number of rotatable bonds is 4. The zero-order valence-corrected chi connectivity index (χ0v) is 10.4. The van der Waals surface area contributed by atoms with Crippen LogP contribution in [-0.2, 0) is 9.47 Å². The van der Waals surface area contributed by atoms with Gasteiger partial charge in [-0.15, -0.1) is 0 Å². The van der Waals surface area contributed by atoms with Crippen LogP contribution in [0.4, 0.5) is 5.69 Å². The lowest BCUT2D eigenvalue weighted by Gasteiger charge is -2.29. The highest BCUT2D eigenvalue weighted by Crippen LogP contribution is 2.27. The van der Waals surface area contributed by atoms with Crippen LogP contribution < -0.4 is 5.73 Å². The molecular weight excluding hydrogens is 214 g/mol. The summed E-state index contributed by atoms with van der Waals surface area (Å²) in [4.78, 5) is 0. The van der Waals surface area contributed by atoms with Crippen molar-refractivity contribution < 1.29 is 9.47 Å². The van der Waals surface area contributed by atoms with Crippen molar-refractivity contribution in [2.24, 2.45) is 5.92 Å². The summed E-state index contributed by atoms with van der Waals surface area (Å²) >= 11 is 0. The Morgan fingerprint density at radius 1 is 1.18 bits per heavy atom. The molecule has 0 atom stereocenters. The standard InChI is InChI=1S/C14H21NO2/c1-2-3-4-11-9-16-14(17-10-11)12-5-7-13(15)8-6-12/h5-8,11,14H,2-4,9-10,15H2,1H3/t11-,14-. The van der Waals surface area contributed by atoms with E-state index in [4.69, 9.17) is 15.2 Å². The summed E-state index contributed by atoms with van der Waals surface area (Å²) in [5, 5.41) is 0. The Morgan fingerprint density at radius 3 is 2.41 bits per heavy atom. The van der Waals surface area contributed by atoms with Crippen molar-refractivity contribution in [1.82, 2.24) is 0 Å². The average Bonchev–Trinajstić information content (AvgIpc) is 2.38. The van der Waals surface area contributed by atoms with Crippen molar-refractivity contribution in [1.29, 1.82) is 0 Å². The molecule has 1 saturated heterocycles. The lowest BCUT2D eigenvalue weighted by molar-refractivity contribution is -0.206. The van der Waals surface area contributed by atoms with E-state index in [-0.39, 0.29) is 6.29 Å². The zero-order valence-electron chi connectivity index (χ0n) is 10.4. The van der Waals surface area contributed by atoms with Crippen molar-refractivity contribution >= 4 is 5.69 Å². The van der Waals surface area contributed by atoms with Crippen molar-refractivity contribution in [3.63, 3.8) is 0 Å². The SMILES string of the molecule is CCCC[C@H]1CO[C@H](c2ccc(N)cc2)OC1. The molecule has 3 nitrogen and oxygen atoms in total. The molecule has 0 amide bonds. The maximum Gasteiger partial charge on any atom is 0.183 e. The lowest BCUT2D eigenvalue weighted by atomic mass is 10.0. The second-order valence-electron chi connectivity index (χ2n) is 4.67. The van der Waals surface area contributed by atoms with Gasteiger partial charge >= 0.3 is 0 Å². The van der Waals surface area contributed by atoms with Gasteiger partial charge in [0, 0.05) is 17.2 Å². The van der Waals surface area contributed by atoms with E-state index in [1.807, 2.05) is 24.3 Å². The molecular formula is C14H21NO2. The smallest absolute Gasteiger partial charge is 0.183 e. The number of unbranched alkanes of at least 4 members (excludes halogenated alkanes) is 1. The maximum atomic E-state index is 5.75. The molecule has 1 aliphatic rings. The minimum absolute atomic E-state index is 0.214. The van der Waals surface area contributed by atoms with Crippen LogP contribution in [0.25, 0.3) is 0 Å². The minimum Gasteiger partial charge on any atom is -0.399 e. The monoisotopic (exact) mass is 235 g/mol. The van der Waals surface area contributed by atoms with E-state index < -0.39 is 0 Å². The molecule has 0 spiro atoms. The third-order valence-corrected chi connectivity index (χ3v) is 3.14. The maximum absolute atomic E-state index is 5.75. The zero-order chi connectivity index (χ0) is 12.1. The predicted octanol–water partition coefficient (Wildman–Crippen LogP) is 3.12. The van der Waals surface area contributed by atoms with Gasteiger partial charge in [-0.25, -0.2) is 0 Å². The van der Waals surface area contributed by atoms with Crippen LogP contribution in [0.2, 0.25) is 0 Å². The summed E-state index contributed by atoms with van der Waals surface area (Å²) in [6.07, 6.45) is 3.47. The summed E-state index contributed by atoms with van der Waals surface area (Å²) in [7, 11) is 0. The van der Waals surface area contributed by atoms with Crippen molar-refractivity contribution in [3.05, 3.63) is 29.8 Å². The van der Waals surface area contributed by atoms with E-state index in [0.717, 1.165) is 24.5 Å². The van der Waals surface area contributed by atoms with Crippen molar-refractivity contribution in [3.8, 4) is 0 Å². The molecule has 1 aromatic carbocycles. The first kappa shape index (κ1) is 12.4. The van der Waals surface area contributed by atoms with Gasteiger partial charge in [0.25, 0.3) is 0 Å². The Morgan fingerprint density at radius 2 is 1.82 bits per heavy atom. The molecule has 0 saturated carbocycles. The van der Waals surface area contributed by atoms with Gasteiger partial charge in [-0.1, -0.05) is 31.9 Å². The Kier molecular flexibility index (Phi) is 4.40. The Labute approximate surface area is 103 Å². The fraction of sp³-hybridized carbons (Fsp3) is 0.571. The number of nitrogen functional groups attached to an aromatic ring is 1. The molecule has 1 aliphatic heterocycles. The van der Waals surface area contributed by atoms with Crippen molar-refractivity contribution in [2.75, 3.05) is 18.9 Å². The van der Waals surface area contributed by atoms with Gasteiger partial charge in [0.1, 0.15) is 0 Å². The van der Waals surface area contributed by atoms with Crippen LogP contribution in [-0.4, -0.2) is 13.2 Å². The molecule has 0 unspecified atom stereocenters. The molecule has 1 fully saturated rings. The third kappa shape index (κ3) is 3.45. The molecule has 3 heteroatoms. The molecule has 2 rings (SSSR count). The molecule has 0 radical (unpaired) electrons. The van der Waals surface area contributed by atoms with E-state index in [1.165, 1.54) is 19.3 Å². The lowest BCUT2D eigenvalue weighted by Crippen LogP contribution is -2.27. The Hall–Kier alpha value is -1.06. The van der Waals surface area contributed by atoms with E-state index in [1.54, 1.807) is 0 Å². The van der Waals surface area contributed by atoms with Gasteiger partial charge in [0.2, 0.25) is 0 Å². The highest BCUT2D eigenvalue weighted by atomic mass is 16.7. The molecule has 0 bridgehead atoms. The van der Waals surface area contributed by atoms with Gasteiger partial charge in [0.15, 0.2) is 6.29 Å². The van der Waals surface area contributed by atoms with Gasteiger partial charge in [-0.3, -0.25) is 0 Å². The first-order valence-corrected chi connectivity index (χ1v) is 6.38. The minimum atomic E-state index is -0.214. The van der Waals surface area contributed by atoms with Crippen LogP contribution in [0.15, 0.2) is 24.3 Å². The first-order valence-electron chi connectivity index (χ1n) is 6.38. The fourth-order valence-electron chi connectivity index (χ4n) is 2.05. The Balaban J connectivity index is 1.84. The summed E-state index contributed by atoms with van der Waals surface area (Å²) in [5.74, 6) is 0.556. The number of anilines is 1. The van der Waals surface area contributed by atoms with E-state index >= 15 is 0 Å². The molecule has 2 N–H and O–H groups in total. The Bertz CT molecular complexity index is 329. The number of benzene rings is 1. The molecule has 1 aromatic rings. The molecule has 0 aromatic heterocycles. The second kappa shape index (κ2) is 6.03. The van der Waals surface area contributed by atoms with Crippen LogP contribution in [0.5, 0.6) is 0 Å². The molecule has 1 heterocycles. The molecule has 17 heavy (non-hydrogen) atoms. The molecule has 0 aliphatic carbocycles. The summed E-state index contributed by atoms with van der Waals surface area (Å²) < 4.78 is 11.5. The molecule has 94 valence electrons. The van der Waals surface area contributed by atoms with Crippen LogP contribution in [0.1, 0.15) is 38.0 Å². The van der Waals surface area contributed by atoms with E-state index in [9.17, 15) is 0 Å². The fourth-order valence-corrected chi connectivity index (χ4v) is 2.05. The summed E-state index contributed by atoms with van der Waals surface area (Å²) in [5.41, 5.74) is 7.47. The van der Waals surface area contributed by atoms with Crippen LogP contribution in [0.3, 0.4) is 0 Å². The van der Waals surface area contributed by atoms with E-state index in [2.05, 4.69) is 6.92 Å². The normalized spacial score (nSPS) is 24.8. The third-order valence-electron chi connectivity index (χ3n) is 3.14. The number of ether oxygens (including phenoxy) is 2. The quantitative estimate of drug-likeness (QED) is 0.815. The van der Waals surface area contributed by atoms with Gasteiger partial charge in [0.05, 0.1) is 13.2 Å². The predicted molar refractivity (Wildman–Crippen MR) is 68.5 cm³/mol. The van der Waals surface area contributed by atoms with Gasteiger partial charge in [-0.05, 0) is 18.6 Å². The second-order valence-corrected chi connectivity index (χ2v) is 4.67. The topological polar surface area (TPSA) is 44.5 Å². The largest absolute Gasteiger partial charge is 0.399 e. The number of hydrogen-bond acceptors (Lipinski definition) is 3.